The Morgan fingerprint density at radius 1 is 1.25 bits per heavy atom. The van der Waals surface area contributed by atoms with E-state index < -0.39 is 0 Å². The van der Waals surface area contributed by atoms with E-state index in [0.29, 0.717) is 24.8 Å². The third-order valence-corrected chi connectivity index (χ3v) is 4.22. The number of ether oxygens (including phenoxy) is 1. The van der Waals surface area contributed by atoms with Gasteiger partial charge in [0.1, 0.15) is 0 Å². The fraction of sp³-hybridized carbons (Fsp3) is 0.556. The lowest BCUT2D eigenvalue weighted by molar-refractivity contribution is -0.115. The maximum Gasteiger partial charge on any atom is 0.251 e. The van der Waals surface area contributed by atoms with Gasteiger partial charge in [-0.2, -0.15) is 0 Å². The molecule has 6 heteroatoms. The lowest BCUT2D eigenvalue weighted by atomic mass is 10.1. The molecule has 2 amide bonds. The lowest BCUT2D eigenvalue weighted by Crippen LogP contribution is -2.32. The molecule has 0 aliphatic heterocycles. The maximum atomic E-state index is 12.3. The minimum atomic E-state index is -0.114. The maximum absolute atomic E-state index is 12.3. The molecule has 0 spiro atoms. The quantitative estimate of drug-likeness (QED) is 0.634. The van der Waals surface area contributed by atoms with E-state index in [1.807, 2.05) is 13.0 Å². The lowest BCUT2D eigenvalue weighted by Gasteiger charge is -2.14. The molecular weight excluding hydrogens is 306 g/mol. The zero-order valence-corrected chi connectivity index (χ0v) is 14.5. The summed E-state index contributed by atoms with van der Waals surface area (Å²) >= 11 is 0. The van der Waals surface area contributed by atoms with E-state index in [-0.39, 0.29) is 18.4 Å². The number of anilines is 1. The van der Waals surface area contributed by atoms with Crippen molar-refractivity contribution in [3.05, 3.63) is 29.3 Å². The summed E-state index contributed by atoms with van der Waals surface area (Å²) in [4.78, 5) is 24.2. The predicted molar refractivity (Wildman–Crippen MR) is 94.3 cm³/mol. The number of nitrogens with one attached hydrogen (secondary N) is 3. The van der Waals surface area contributed by atoms with Crippen LogP contribution in [0.15, 0.2) is 18.2 Å². The van der Waals surface area contributed by atoms with Gasteiger partial charge in [0, 0.05) is 30.9 Å². The summed E-state index contributed by atoms with van der Waals surface area (Å²) in [5.74, 6) is -0.151. The van der Waals surface area contributed by atoms with Gasteiger partial charge in [0.25, 0.3) is 5.91 Å². The highest BCUT2D eigenvalue weighted by Crippen LogP contribution is 2.20. The number of rotatable bonds is 8. The van der Waals surface area contributed by atoms with Gasteiger partial charge in [-0.1, -0.05) is 12.8 Å². The van der Waals surface area contributed by atoms with Crippen LogP contribution in [0.4, 0.5) is 5.69 Å². The van der Waals surface area contributed by atoms with Crippen molar-refractivity contribution in [1.82, 2.24) is 10.6 Å². The average Bonchev–Trinajstić information content (AvgIpc) is 3.06. The van der Waals surface area contributed by atoms with E-state index >= 15 is 0 Å². The first-order valence-corrected chi connectivity index (χ1v) is 8.51. The van der Waals surface area contributed by atoms with Gasteiger partial charge in [-0.25, -0.2) is 0 Å². The molecule has 0 atom stereocenters. The summed E-state index contributed by atoms with van der Waals surface area (Å²) in [6.45, 7) is 3.31. The van der Waals surface area contributed by atoms with Crippen molar-refractivity contribution in [1.29, 1.82) is 0 Å². The molecule has 1 aromatic rings. The second-order valence-corrected chi connectivity index (χ2v) is 6.20. The third kappa shape index (κ3) is 5.62. The van der Waals surface area contributed by atoms with Crippen molar-refractivity contribution in [2.45, 2.75) is 38.6 Å². The Hall–Kier alpha value is -1.92. The molecule has 3 N–H and O–H groups in total. The molecule has 0 saturated heterocycles. The predicted octanol–water partition coefficient (Wildman–Crippen LogP) is 1.84. The molecule has 132 valence electrons. The van der Waals surface area contributed by atoms with Crippen LogP contribution < -0.4 is 16.0 Å². The number of carbonyl (C=O) groups is 2. The van der Waals surface area contributed by atoms with Crippen LogP contribution in [0.1, 0.15) is 41.6 Å². The first-order valence-electron chi connectivity index (χ1n) is 8.51. The van der Waals surface area contributed by atoms with Gasteiger partial charge < -0.3 is 20.7 Å². The minimum absolute atomic E-state index is 0.0379. The van der Waals surface area contributed by atoms with Crippen LogP contribution in [0.25, 0.3) is 0 Å². The van der Waals surface area contributed by atoms with Crippen LogP contribution in [0.3, 0.4) is 0 Å². The van der Waals surface area contributed by atoms with Gasteiger partial charge in [-0.3, -0.25) is 9.59 Å². The van der Waals surface area contributed by atoms with Gasteiger partial charge in [-0.05, 0) is 43.5 Å². The number of methoxy groups -OCH3 is 1. The van der Waals surface area contributed by atoms with Crippen LogP contribution in [-0.2, 0) is 9.53 Å². The van der Waals surface area contributed by atoms with E-state index in [9.17, 15) is 9.59 Å². The van der Waals surface area contributed by atoms with Crippen LogP contribution in [0.2, 0.25) is 0 Å². The highest BCUT2D eigenvalue weighted by molar-refractivity contribution is 5.97. The molecular formula is C18H27N3O3. The van der Waals surface area contributed by atoms with Gasteiger partial charge in [0.15, 0.2) is 0 Å². The summed E-state index contributed by atoms with van der Waals surface area (Å²) in [6, 6.07) is 5.66. The summed E-state index contributed by atoms with van der Waals surface area (Å²) in [5, 5.41) is 8.92. The first-order chi connectivity index (χ1) is 11.6. The molecule has 0 heterocycles. The summed E-state index contributed by atoms with van der Waals surface area (Å²) < 4.78 is 4.91. The Morgan fingerprint density at radius 3 is 2.67 bits per heavy atom. The summed E-state index contributed by atoms with van der Waals surface area (Å²) in [6.07, 6.45) is 4.50. The van der Waals surface area contributed by atoms with Gasteiger partial charge in [-0.15, -0.1) is 0 Å². The van der Waals surface area contributed by atoms with Gasteiger partial charge in [0.2, 0.25) is 5.91 Å². The monoisotopic (exact) mass is 333 g/mol. The first kappa shape index (κ1) is 18.4. The average molecular weight is 333 g/mol. The Labute approximate surface area is 143 Å². The minimum Gasteiger partial charge on any atom is -0.383 e. The topological polar surface area (TPSA) is 79.5 Å². The van der Waals surface area contributed by atoms with E-state index in [1.165, 1.54) is 12.8 Å². The number of hydrogen-bond acceptors (Lipinski definition) is 4. The number of aryl methyl sites for hydroxylation is 1. The van der Waals surface area contributed by atoms with E-state index in [0.717, 1.165) is 24.1 Å². The zero-order chi connectivity index (χ0) is 17.4. The number of benzene rings is 1. The smallest absolute Gasteiger partial charge is 0.251 e. The second kappa shape index (κ2) is 9.39. The fourth-order valence-corrected chi connectivity index (χ4v) is 2.85. The van der Waals surface area contributed by atoms with Crippen LogP contribution in [0, 0.1) is 6.92 Å². The molecule has 6 nitrogen and oxygen atoms in total. The SMILES string of the molecule is COCCNCC(=O)Nc1ccc(C(=O)NC2CCCC2)cc1C. The summed E-state index contributed by atoms with van der Waals surface area (Å²) in [7, 11) is 1.62. The Balaban J connectivity index is 1.86. The number of amides is 2. The fourth-order valence-electron chi connectivity index (χ4n) is 2.85. The van der Waals surface area contributed by atoms with Crippen LogP contribution in [-0.4, -0.2) is 44.7 Å². The van der Waals surface area contributed by atoms with E-state index in [2.05, 4.69) is 16.0 Å². The van der Waals surface area contributed by atoms with Crippen molar-refractivity contribution < 1.29 is 14.3 Å². The molecule has 2 rings (SSSR count). The molecule has 0 aromatic heterocycles. The van der Waals surface area contributed by atoms with E-state index in [4.69, 9.17) is 4.74 Å². The molecule has 1 aromatic carbocycles. The molecule has 24 heavy (non-hydrogen) atoms. The van der Waals surface area contributed by atoms with Crippen molar-refractivity contribution in [2.24, 2.45) is 0 Å². The standard InChI is InChI=1S/C18H27N3O3/c1-13-11-14(18(23)20-15-5-3-4-6-15)7-8-16(13)21-17(22)12-19-9-10-24-2/h7-8,11,15,19H,3-6,9-10,12H2,1-2H3,(H,20,23)(H,21,22). The molecule has 0 radical (unpaired) electrons. The Kier molecular flexibility index (Phi) is 7.21. The van der Waals surface area contributed by atoms with Crippen LogP contribution >= 0.6 is 0 Å². The van der Waals surface area contributed by atoms with Gasteiger partial charge in [0.05, 0.1) is 13.2 Å². The van der Waals surface area contributed by atoms with Crippen molar-refractivity contribution in [3.8, 4) is 0 Å². The molecule has 1 fully saturated rings. The second-order valence-electron chi connectivity index (χ2n) is 6.20. The van der Waals surface area contributed by atoms with Crippen molar-refractivity contribution in [2.75, 3.05) is 32.1 Å². The molecule has 0 bridgehead atoms. The largest absolute Gasteiger partial charge is 0.383 e. The Bertz CT molecular complexity index is 569. The van der Waals surface area contributed by atoms with E-state index in [1.54, 1.807) is 19.2 Å². The Morgan fingerprint density at radius 2 is 2.00 bits per heavy atom. The number of hydrogen-bond donors (Lipinski definition) is 3. The highest BCUT2D eigenvalue weighted by Gasteiger charge is 2.18. The molecule has 1 aliphatic rings. The molecule has 1 saturated carbocycles. The van der Waals surface area contributed by atoms with Crippen molar-refractivity contribution in [3.63, 3.8) is 0 Å². The highest BCUT2D eigenvalue weighted by atomic mass is 16.5. The normalized spacial score (nSPS) is 14.6. The summed E-state index contributed by atoms with van der Waals surface area (Å²) in [5.41, 5.74) is 2.24. The van der Waals surface area contributed by atoms with Gasteiger partial charge >= 0.3 is 0 Å². The van der Waals surface area contributed by atoms with Crippen LogP contribution in [0.5, 0.6) is 0 Å². The van der Waals surface area contributed by atoms with Crippen molar-refractivity contribution >= 4 is 17.5 Å². The molecule has 0 unspecified atom stereocenters. The molecule has 1 aliphatic carbocycles. The number of carbonyl (C=O) groups excluding carboxylic acids is 2. The third-order valence-electron chi connectivity index (χ3n) is 4.22. The zero-order valence-electron chi connectivity index (χ0n) is 14.5.